The van der Waals surface area contributed by atoms with Crippen LogP contribution < -0.4 is 5.73 Å². The first-order valence-corrected chi connectivity index (χ1v) is 7.17. The van der Waals surface area contributed by atoms with Gasteiger partial charge in [0, 0.05) is 23.7 Å². The maximum atomic E-state index is 12.6. The van der Waals surface area contributed by atoms with E-state index in [-0.39, 0.29) is 24.4 Å². The molecule has 1 aliphatic carbocycles. The van der Waals surface area contributed by atoms with Gasteiger partial charge < -0.3 is 20.9 Å². The quantitative estimate of drug-likeness (QED) is 0.328. The Kier molecular flexibility index (Phi) is 5.16. The van der Waals surface area contributed by atoms with Crippen molar-refractivity contribution in [2.45, 2.75) is 31.7 Å². The van der Waals surface area contributed by atoms with Crippen LogP contribution in [0.2, 0.25) is 0 Å². The van der Waals surface area contributed by atoms with Gasteiger partial charge >= 0.3 is 0 Å². The number of benzene rings is 1. The summed E-state index contributed by atoms with van der Waals surface area (Å²) in [5.74, 6) is -0.0704. The molecule has 1 aromatic carbocycles. The van der Waals surface area contributed by atoms with Crippen LogP contribution in [0.15, 0.2) is 29.4 Å². The van der Waals surface area contributed by atoms with Gasteiger partial charge in [-0.15, -0.1) is 0 Å². The van der Waals surface area contributed by atoms with Gasteiger partial charge in [-0.25, -0.2) is 0 Å². The van der Waals surface area contributed by atoms with E-state index in [1.807, 2.05) is 0 Å². The van der Waals surface area contributed by atoms with Crippen LogP contribution in [0, 0.1) is 0 Å². The van der Waals surface area contributed by atoms with Crippen LogP contribution in [0.3, 0.4) is 0 Å². The van der Waals surface area contributed by atoms with Crippen molar-refractivity contribution in [1.29, 1.82) is 0 Å². The lowest BCUT2D eigenvalue weighted by Gasteiger charge is -2.28. The van der Waals surface area contributed by atoms with Crippen molar-refractivity contribution < 1.29 is 15.1 Å². The summed E-state index contributed by atoms with van der Waals surface area (Å²) in [5.41, 5.74) is 6.60. The molecule has 1 aromatic rings. The molecule has 0 aromatic heterocycles. The Balaban J connectivity index is 2.16. The third kappa shape index (κ3) is 3.52. The summed E-state index contributed by atoms with van der Waals surface area (Å²) in [6.07, 6.45) is 4.24. The average molecular weight is 291 g/mol. The van der Waals surface area contributed by atoms with Gasteiger partial charge in [0.2, 0.25) is 0 Å². The number of hydrogen-bond donors (Lipinski definition) is 3. The Labute approximate surface area is 123 Å². The van der Waals surface area contributed by atoms with Gasteiger partial charge in [-0.3, -0.25) is 4.79 Å². The molecule has 0 unspecified atom stereocenters. The highest BCUT2D eigenvalue weighted by Gasteiger charge is 2.26. The predicted molar refractivity (Wildman–Crippen MR) is 79.3 cm³/mol. The highest BCUT2D eigenvalue weighted by Crippen LogP contribution is 2.24. The standard InChI is InChI=1S/C15H21N3O3/c16-14(17-21)11-5-7-12(8-6-11)15(20)18(9-10-19)13-3-1-2-4-13/h5-8,13,19,21H,1-4,9-10H2,(H2,16,17). The Hall–Kier alpha value is -2.08. The van der Waals surface area contributed by atoms with Crippen molar-refractivity contribution in [3.05, 3.63) is 35.4 Å². The number of carbonyl (C=O) groups is 1. The zero-order chi connectivity index (χ0) is 15.2. The minimum atomic E-state index is -0.0815. The lowest BCUT2D eigenvalue weighted by molar-refractivity contribution is 0.0638. The van der Waals surface area contributed by atoms with Gasteiger partial charge in [0.05, 0.1) is 6.61 Å². The number of amidine groups is 1. The molecular weight excluding hydrogens is 270 g/mol. The van der Waals surface area contributed by atoms with Gasteiger partial charge in [-0.2, -0.15) is 0 Å². The number of oxime groups is 1. The van der Waals surface area contributed by atoms with E-state index in [1.54, 1.807) is 29.2 Å². The van der Waals surface area contributed by atoms with Crippen LogP contribution in [0.4, 0.5) is 0 Å². The summed E-state index contributed by atoms with van der Waals surface area (Å²) in [6, 6.07) is 6.83. The van der Waals surface area contributed by atoms with E-state index in [2.05, 4.69) is 5.16 Å². The molecule has 0 spiro atoms. The van der Waals surface area contributed by atoms with Crippen molar-refractivity contribution in [3.8, 4) is 0 Å². The minimum Gasteiger partial charge on any atom is -0.409 e. The van der Waals surface area contributed by atoms with E-state index in [1.165, 1.54) is 0 Å². The van der Waals surface area contributed by atoms with Crippen molar-refractivity contribution in [1.82, 2.24) is 4.90 Å². The van der Waals surface area contributed by atoms with Crippen LogP contribution in [0.25, 0.3) is 0 Å². The number of carbonyl (C=O) groups excluding carboxylic acids is 1. The smallest absolute Gasteiger partial charge is 0.254 e. The third-order valence-electron chi connectivity index (χ3n) is 3.90. The SMILES string of the molecule is NC(=NO)c1ccc(C(=O)N(CCO)C2CCCC2)cc1. The predicted octanol–water partition coefficient (Wildman–Crippen LogP) is 1.16. The van der Waals surface area contributed by atoms with E-state index < -0.39 is 0 Å². The molecule has 0 radical (unpaired) electrons. The molecule has 1 amide bonds. The number of hydrogen-bond acceptors (Lipinski definition) is 4. The summed E-state index contributed by atoms with van der Waals surface area (Å²) in [5, 5.41) is 20.7. The van der Waals surface area contributed by atoms with E-state index in [4.69, 9.17) is 10.9 Å². The first-order chi connectivity index (χ1) is 10.2. The second-order valence-corrected chi connectivity index (χ2v) is 5.22. The zero-order valence-corrected chi connectivity index (χ0v) is 11.9. The van der Waals surface area contributed by atoms with Gasteiger partial charge in [0.15, 0.2) is 5.84 Å². The molecule has 2 rings (SSSR count). The molecule has 6 heteroatoms. The second kappa shape index (κ2) is 7.08. The topological polar surface area (TPSA) is 99.2 Å². The fourth-order valence-corrected chi connectivity index (χ4v) is 2.78. The zero-order valence-electron chi connectivity index (χ0n) is 11.9. The maximum absolute atomic E-state index is 12.6. The van der Waals surface area contributed by atoms with Crippen LogP contribution in [0.1, 0.15) is 41.6 Å². The fraction of sp³-hybridized carbons (Fsp3) is 0.467. The van der Waals surface area contributed by atoms with E-state index in [0.29, 0.717) is 17.7 Å². The number of amides is 1. The Bertz CT molecular complexity index is 507. The Morgan fingerprint density at radius 2 is 1.81 bits per heavy atom. The van der Waals surface area contributed by atoms with E-state index >= 15 is 0 Å². The Morgan fingerprint density at radius 3 is 2.33 bits per heavy atom. The molecule has 1 saturated carbocycles. The Morgan fingerprint density at radius 1 is 1.24 bits per heavy atom. The second-order valence-electron chi connectivity index (χ2n) is 5.22. The van der Waals surface area contributed by atoms with E-state index in [9.17, 15) is 9.90 Å². The van der Waals surface area contributed by atoms with Gasteiger partial charge in [-0.05, 0) is 25.0 Å². The molecule has 4 N–H and O–H groups in total. The summed E-state index contributed by atoms with van der Waals surface area (Å²) in [6.45, 7) is 0.315. The molecule has 0 saturated heterocycles. The molecule has 21 heavy (non-hydrogen) atoms. The van der Waals surface area contributed by atoms with Crippen molar-refractivity contribution in [3.63, 3.8) is 0 Å². The van der Waals surface area contributed by atoms with Gasteiger partial charge in [-0.1, -0.05) is 30.1 Å². The minimum absolute atomic E-state index is 0.0111. The lowest BCUT2D eigenvalue weighted by atomic mass is 10.1. The monoisotopic (exact) mass is 291 g/mol. The van der Waals surface area contributed by atoms with Gasteiger partial charge in [0.1, 0.15) is 0 Å². The molecule has 0 atom stereocenters. The van der Waals surface area contributed by atoms with Crippen LogP contribution in [-0.4, -0.2) is 46.1 Å². The van der Waals surface area contributed by atoms with Crippen molar-refractivity contribution in [2.24, 2.45) is 10.9 Å². The number of nitrogens with zero attached hydrogens (tertiary/aromatic N) is 2. The highest BCUT2D eigenvalue weighted by atomic mass is 16.4. The third-order valence-corrected chi connectivity index (χ3v) is 3.90. The molecule has 6 nitrogen and oxygen atoms in total. The van der Waals surface area contributed by atoms with E-state index in [0.717, 1.165) is 25.7 Å². The number of aliphatic hydroxyl groups excluding tert-OH is 1. The molecular formula is C15H21N3O3. The lowest BCUT2D eigenvalue weighted by Crippen LogP contribution is -2.40. The summed E-state index contributed by atoms with van der Waals surface area (Å²) >= 11 is 0. The molecule has 0 bridgehead atoms. The number of rotatable bonds is 5. The summed E-state index contributed by atoms with van der Waals surface area (Å²) < 4.78 is 0. The summed E-state index contributed by atoms with van der Waals surface area (Å²) in [4.78, 5) is 14.3. The number of nitrogens with two attached hydrogens (primary N) is 1. The number of aliphatic hydroxyl groups is 1. The molecule has 114 valence electrons. The maximum Gasteiger partial charge on any atom is 0.254 e. The first kappa shape index (κ1) is 15.3. The fourth-order valence-electron chi connectivity index (χ4n) is 2.78. The van der Waals surface area contributed by atoms with Crippen molar-refractivity contribution >= 4 is 11.7 Å². The normalized spacial score (nSPS) is 16.1. The summed E-state index contributed by atoms with van der Waals surface area (Å²) in [7, 11) is 0. The largest absolute Gasteiger partial charge is 0.409 e. The highest BCUT2D eigenvalue weighted by molar-refractivity contribution is 5.99. The van der Waals surface area contributed by atoms with Crippen LogP contribution >= 0.6 is 0 Å². The molecule has 1 aliphatic rings. The van der Waals surface area contributed by atoms with Crippen LogP contribution in [-0.2, 0) is 0 Å². The molecule has 0 aliphatic heterocycles. The van der Waals surface area contributed by atoms with Gasteiger partial charge in [0.25, 0.3) is 5.91 Å². The van der Waals surface area contributed by atoms with Crippen LogP contribution in [0.5, 0.6) is 0 Å². The van der Waals surface area contributed by atoms with Crippen molar-refractivity contribution in [2.75, 3.05) is 13.2 Å². The molecule has 0 heterocycles. The average Bonchev–Trinajstić information content (AvgIpc) is 3.05. The molecule has 1 fully saturated rings. The first-order valence-electron chi connectivity index (χ1n) is 7.17.